The number of hydrogen-bond donors (Lipinski definition) is 1. The Bertz CT molecular complexity index is 328. The molecule has 142 valence electrons. The Labute approximate surface area is 148 Å². The van der Waals surface area contributed by atoms with E-state index in [1.807, 2.05) is 0 Å². The van der Waals surface area contributed by atoms with Crippen LogP contribution in [0.25, 0.3) is 0 Å². The molecule has 0 aromatic heterocycles. The summed E-state index contributed by atoms with van der Waals surface area (Å²) >= 11 is 0. The fourth-order valence-electron chi connectivity index (χ4n) is 2.74. The zero-order chi connectivity index (χ0) is 16.8. The van der Waals surface area contributed by atoms with E-state index in [-0.39, 0.29) is 6.15 Å². The Balaban J connectivity index is 0.00000529. The van der Waals surface area contributed by atoms with E-state index in [4.69, 9.17) is 9.05 Å². The summed E-state index contributed by atoms with van der Waals surface area (Å²) in [7, 11) is -4.54. The molecule has 2 atom stereocenters. The van der Waals surface area contributed by atoms with Gasteiger partial charge in [-0.05, 0) is 6.42 Å². The second-order valence-electron chi connectivity index (χ2n) is 6.20. The normalized spacial score (nSPS) is 20.8. The molecular weight excluding hydrogens is 348 g/mol. The van der Waals surface area contributed by atoms with Gasteiger partial charge in [0, 0.05) is 15.6 Å². The van der Waals surface area contributed by atoms with Gasteiger partial charge in [0.1, 0.15) is 0 Å². The van der Waals surface area contributed by atoms with Crippen molar-refractivity contribution in [3.63, 3.8) is 0 Å². The largest absolute Gasteiger partial charge is 0.750 e. The lowest BCUT2D eigenvalue weighted by Gasteiger charge is -2.05. The molecule has 0 aromatic carbocycles. The summed E-state index contributed by atoms with van der Waals surface area (Å²) in [6.07, 6.45) is 16.9. The summed E-state index contributed by atoms with van der Waals surface area (Å²) < 4.78 is 36.4. The summed E-state index contributed by atoms with van der Waals surface area (Å²) in [5.74, 6) is 0. The van der Waals surface area contributed by atoms with Crippen LogP contribution in [0, 0.1) is 0 Å². The van der Waals surface area contributed by atoms with Crippen LogP contribution in [0.5, 0.6) is 0 Å². The van der Waals surface area contributed by atoms with Crippen LogP contribution in [0.4, 0.5) is 0 Å². The highest BCUT2D eigenvalue weighted by atomic mass is 31.2. The first-order valence-electron chi connectivity index (χ1n) is 9.18. The molecule has 0 spiro atoms. The molecule has 1 aliphatic rings. The van der Waals surface area contributed by atoms with Crippen molar-refractivity contribution >= 4 is 16.5 Å². The number of hydrogen-bond acceptors (Lipinski definition) is 6. The van der Waals surface area contributed by atoms with Gasteiger partial charge in [-0.3, -0.25) is 0 Å². The van der Waals surface area contributed by atoms with Gasteiger partial charge in [-0.25, -0.2) is 0 Å². The predicted octanol–water partition coefficient (Wildman–Crippen LogP) is 7.33. The van der Waals surface area contributed by atoms with Gasteiger partial charge in [0.05, 0.1) is 0 Å². The van der Waals surface area contributed by atoms with E-state index in [9.17, 15) is 9.13 Å². The van der Waals surface area contributed by atoms with Crippen molar-refractivity contribution in [2.24, 2.45) is 0 Å². The first-order valence-corrected chi connectivity index (χ1v) is 11.4. The molecule has 8 heteroatoms. The van der Waals surface area contributed by atoms with E-state index >= 15 is 0 Å². The zero-order valence-electron chi connectivity index (χ0n) is 15.1. The molecule has 1 rings (SSSR count). The summed E-state index contributed by atoms with van der Waals surface area (Å²) in [5, 5.41) is 0. The first kappa shape index (κ1) is 24.0. The van der Waals surface area contributed by atoms with Crippen molar-refractivity contribution in [1.29, 1.82) is 0 Å². The molecule has 24 heavy (non-hydrogen) atoms. The van der Waals surface area contributed by atoms with Crippen LogP contribution in [0.2, 0.25) is 0 Å². The third-order valence-corrected chi connectivity index (χ3v) is 5.97. The highest BCUT2D eigenvalue weighted by molar-refractivity contribution is 7.48. The molecule has 6 nitrogen and oxygen atoms in total. The van der Waals surface area contributed by atoms with E-state index in [1.54, 1.807) is 0 Å². The molecule has 1 aliphatic heterocycles. The Kier molecular flexibility index (Phi) is 16.5. The summed E-state index contributed by atoms with van der Waals surface area (Å²) in [6, 6.07) is 0. The molecule has 0 radical (unpaired) electrons. The Morgan fingerprint density at radius 3 is 1.46 bits per heavy atom. The van der Waals surface area contributed by atoms with Gasteiger partial charge in [-0.15, -0.1) is 0 Å². The summed E-state index contributed by atoms with van der Waals surface area (Å²) in [5.41, 5.74) is 0. The van der Waals surface area contributed by atoms with Crippen molar-refractivity contribution < 1.29 is 22.5 Å². The molecule has 0 saturated carbocycles. The minimum atomic E-state index is -2.27. The van der Waals surface area contributed by atoms with Gasteiger partial charge in [-0.1, -0.05) is 93.0 Å². The SMILES string of the molecule is CCCCCCCCCCCCCCCC1O[P+](=O)O[P+](=O)O1.N. The highest BCUT2D eigenvalue weighted by Crippen LogP contribution is 2.48. The van der Waals surface area contributed by atoms with Crippen LogP contribution in [-0.2, 0) is 22.5 Å². The van der Waals surface area contributed by atoms with Crippen LogP contribution in [0.1, 0.15) is 96.8 Å². The van der Waals surface area contributed by atoms with E-state index in [0.29, 0.717) is 6.42 Å². The predicted molar refractivity (Wildman–Crippen MR) is 97.6 cm³/mol. The van der Waals surface area contributed by atoms with Crippen LogP contribution >= 0.6 is 16.5 Å². The molecule has 0 aliphatic carbocycles. The van der Waals surface area contributed by atoms with Gasteiger partial charge >= 0.3 is 16.5 Å². The molecule has 1 fully saturated rings. The Hall–Kier alpha value is 0.0400. The second-order valence-corrected chi connectivity index (χ2v) is 8.17. The van der Waals surface area contributed by atoms with Crippen molar-refractivity contribution in [1.82, 2.24) is 6.15 Å². The lowest BCUT2D eigenvalue weighted by atomic mass is 10.0. The molecular formula is C16H35NO5P2+2. The maximum Gasteiger partial charge on any atom is 0.750 e. The lowest BCUT2D eigenvalue weighted by molar-refractivity contribution is -0.0222. The lowest BCUT2D eigenvalue weighted by Crippen LogP contribution is -2.13. The fraction of sp³-hybridized carbons (Fsp3) is 1.00. The van der Waals surface area contributed by atoms with E-state index in [2.05, 4.69) is 11.2 Å². The van der Waals surface area contributed by atoms with Crippen molar-refractivity contribution in [2.75, 3.05) is 0 Å². The zero-order valence-corrected chi connectivity index (χ0v) is 16.9. The second kappa shape index (κ2) is 16.5. The quantitative estimate of drug-likeness (QED) is 0.249. The topological polar surface area (TPSA) is 96.8 Å². The monoisotopic (exact) mass is 383 g/mol. The third-order valence-electron chi connectivity index (χ3n) is 4.08. The fourth-order valence-corrected chi connectivity index (χ4v) is 4.23. The van der Waals surface area contributed by atoms with Crippen LogP contribution < -0.4 is 6.15 Å². The first-order chi connectivity index (χ1) is 11.2. The molecule has 0 amide bonds. The van der Waals surface area contributed by atoms with Crippen LogP contribution in [0.15, 0.2) is 0 Å². The maximum absolute atomic E-state index is 11.1. The third kappa shape index (κ3) is 13.3. The van der Waals surface area contributed by atoms with Gasteiger partial charge in [0.15, 0.2) is 4.31 Å². The van der Waals surface area contributed by atoms with Gasteiger partial charge < -0.3 is 6.15 Å². The molecule has 3 N–H and O–H groups in total. The van der Waals surface area contributed by atoms with Crippen LogP contribution in [0.3, 0.4) is 0 Å². The summed E-state index contributed by atoms with van der Waals surface area (Å²) in [4.78, 5) is 0. The molecule has 0 aromatic rings. The average Bonchev–Trinajstić information content (AvgIpc) is 2.51. The minimum Gasteiger partial charge on any atom is -0.344 e. The van der Waals surface area contributed by atoms with Gasteiger partial charge in [0.2, 0.25) is 0 Å². The van der Waals surface area contributed by atoms with Crippen molar-refractivity contribution in [2.45, 2.75) is 103 Å². The molecule has 0 bridgehead atoms. The standard InChI is InChI=1S/C16H32O5P2.H3N/c1-2-3-4-5-6-7-8-9-10-11-12-13-14-15-16-19-22(17)21-23(18)20-16;/h16H,2-15H2,1H3;1H3/q+2;. The van der Waals surface area contributed by atoms with Crippen LogP contribution in [-0.4, -0.2) is 6.29 Å². The van der Waals surface area contributed by atoms with Gasteiger partial charge in [0.25, 0.3) is 6.29 Å². The molecule has 2 unspecified atom stereocenters. The Morgan fingerprint density at radius 2 is 1.04 bits per heavy atom. The molecule has 1 saturated heterocycles. The highest BCUT2D eigenvalue weighted by Gasteiger charge is 2.51. The smallest absolute Gasteiger partial charge is 0.344 e. The maximum atomic E-state index is 11.1. The summed E-state index contributed by atoms with van der Waals surface area (Å²) in [6.45, 7) is 2.26. The van der Waals surface area contributed by atoms with Crippen molar-refractivity contribution in [3.8, 4) is 0 Å². The number of unbranched alkanes of at least 4 members (excludes halogenated alkanes) is 12. The van der Waals surface area contributed by atoms with Gasteiger partial charge in [-0.2, -0.15) is 0 Å². The molecule has 1 heterocycles. The average molecular weight is 383 g/mol. The van der Waals surface area contributed by atoms with E-state index in [0.717, 1.165) is 12.8 Å². The minimum absolute atomic E-state index is 0. The van der Waals surface area contributed by atoms with Crippen molar-refractivity contribution in [3.05, 3.63) is 0 Å². The Morgan fingerprint density at radius 1 is 0.667 bits per heavy atom. The number of rotatable bonds is 14. The van der Waals surface area contributed by atoms with E-state index < -0.39 is 22.8 Å². The van der Waals surface area contributed by atoms with E-state index in [1.165, 1.54) is 70.6 Å².